The summed E-state index contributed by atoms with van der Waals surface area (Å²) in [5.41, 5.74) is 1.24. The van der Waals surface area contributed by atoms with Gasteiger partial charge in [-0.2, -0.15) is 0 Å². The zero-order valence-corrected chi connectivity index (χ0v) is 9.03. The van der Waals surface area contributed by atoms with Crippen molar-refractivity contribution in [3.63, 3.8) is 0 Å². The van der Waals surface area contributed by atoms with E-state index in [2.05, 4.69) is 16.4 Å². The van der Waals surface area contributed by atoms with E-state index >= 15 is 0 Å². The molecule has 0 bridgehead atoms. The van der Waals surface area contributed by atoms with Crippen molar-refractivity contribution in [3.8, 4) is 0 Å². The van der Waals surface area contributed by atoms with Crippen LogP contribution in [0.3, 0.4) is 0 Å². The van der Waals surface area contributed by atoms with Crippen LogP contribution in [0.2, 0.25) is 0 Å². The highest BCUT2D eigenvalue weighted by atomic mass is 15.1. The van der Waals surface area contributed by atoms with Crippen molar-refractivity contribution in [3.05, 3.63) is 48.0 Å². The van der Waals surface area contributed by atoms with Gasteiger partial charge in [-0.1, -0.05) is 42.4 Å². The van der Waals surface area contributed by atoms with Gasteiger partial charge in [0, 0.05) is 13.0 Å². The van der Waals surface area contributed by atoms with Crippen LogP contribution in [0, 0.1) is 0 Å². The first-order valence-corrected chi connectivity index (χ1v) is 5.59. The summed E-state index contributed by atoms with van der Waals surface area (Å²) in [4.78, 5) is 4.42. The van der Waals surface area contributed by atoms with E-state index < -0.39 is 0 Å². The molecule has 0 fully saturated rings. The van der Waals surface area contributed by atoms with E-state index in [1.807, 2.05) is 30.3 Å². The van der Waals surface area contributed by atoms with Crippen LogP contribution < -0.4 is 5.32 Å². The highest BCUT2D eigenvalue weighted by molar-refractivity contribution is 5.92. The summed E-state index contributed by atoms with van der Waals surface area (Å²) in [6, 6.07) is 12.6. The van der Waals surface area contributed by atoms with Crippen LogP contribution in [0.15, 0.2) is 47.4 Å². The topological polar surface area (TPSA) is 24.4 Å². The number of nitrogens with zero attached hydrogens (tertiary/aromatic N) is 1. The molecule has 2 heteroatoms. The van der Waals surface area contributed by atoms with Crippen LogP contribution in [0.4, 0.5) is 0 Å². The van der Waals surface area contributed by atoms with Crippen molar-refractivity contribution < 1.29 is 1.37 Å². The van der Waals surface area contributed by atoms with Crippen molar-refractivity contribution >= 4 is 16.6 Å². The molecule has 2 aromatic carbocycles. The SMILES string of the molecule is [3H]c1ccc(CC2=NCCN2)c2ccccc12. The molecule has 0 aromatic heterocycles. The van der Waals surface area contributed by atoms with Gasteiger partial charge in [-0.3, -0.25) is 4.99 Å². The van der Waals surface area contributed by atoms with Gasteiger partial charge < -0.3 is 5.32 Å². The Bertz CT molecular complexity index is 590. The molecule has 3 rings (SSSR count). The number of hydrogen-bond acceptors (Lipinski definition) is 2. The Hall–Kier alpha value is -1.83. The summed E-state index contributed by atoms with van der Waals surface area (Å²) in [6.45, 7) is 1.83. The highest BCUT2D eigenvalue weighted by Gasteiger charge is 2.07. The van der Waals surface area contributed by atoms with Gasteiger partial charge >= 0.3 is 0 Å². The second-order valence-electron chi connectivity index (χ2n) is 3.98. The molecule has 1 N–H and O–H groups in total. The van der Waals surface area contributed by atoms with E-state index in [1.54, 1.807) is 0 Å². The third kappa shape index (κ3) is 1.67. The average Bonchev–Trinajstić information content (AvgIpc) is 2.86. The lowest BCUT2D eigenvalue weighted by molar-refractivity contribution is 0.954. The van der Waals surface area contributed by atoms with Gasteiger partial charge in [-0.15, -0.1) is 0 Å². The molecule has 0 atom stereocenters. The van der Waals surface area contributed by atoms with Gasteiger partial charge in [-0.05, 0) is 16.3 Å². The zero-order valence-electron chi connectivity index (χ0n) is 10.0. The lowest BCUT2D eigenvalue weighted by Crippen LogP contribution is -2.20. The highest BCUT2D eigenvalue weighted by Crippen LogP contribution is 2.19. The van der Waals surface area contributed by atoms with E-state index in [0.717, 1.165) is 36.1 Å². The molecule has 0 amide bonds. The molecule has 1 heterocycles. The second-order valence-corrected chi connectivity index (χ2v) is 3.98. The zero-order chi connectivity index (χ0) is 11.7. The van der Waals surface area contributed by atoms with Crippen LogP contribution in [-0.2, 0) is 6.42 Å². The summed E-state index contributed by atoms with van der Waals surface area (Å²) >= 11 is 0. The maximum Gasteiger partial charge on any atom is 0.101 e. The molecule has 0 spiro atoms. The van der Waals surface area contributed by atoms with Crippen LogP contribution in [-0.4, -0.2) is 18.9 Å². The molecular formula is C14H14N2. The van der Waals surface area contributed by atoms with Crippen LogP contribution in [0.25, 0.3) is 10.8 Å². The molecule has 16 heavy (non-hydrogen) atoms. The fraction of sp³-hybridized carbons (Fsp3) is 0.214. The number of benzene rings is 2. The molecule has 0 unspecified atom stereocenters. The van der Waals surface area contributed by atoms with Gasteiger partial charge in [0.05, 0.1) is 7.92 Å². The molecule has 1 aliphatic heterocycles. The number of rotatable bonds is 2. The standard InChI is InChI=1S/C14H14N2/c1-2-7-13-11(4-1)5-3-6-12(13)10-14-15-8-9-16-14/h1-7H,8-10H2,(H,15,16)/i5T. The van der Waals surface area contributed by atoms with Gasteiger partial charge in [0.15, 0.2) is 0 Å². The first-order valence-electron chi connectivity index (χ1n) is 6.09. The van der Waals surface area contributed by atoms with Gasteiger partial charge in [-0.25, -0.2) is 0 Å². The van der Waals surface area contributed by atoms with E-state index in [1.165, 1.54) is 5.56 Å². The van der Waals surface area contributed by atoms with Crippen LogP contribution in [0.1, 0.15) is 6.93 Å². The quantitative estimate of drug-likeness (QED) is 0.812. The minimum absolute atomic E-state index is 0.589. The van der Waals surface area contributed by atoms with Crippen molar-refractivity contribution in [1.82, 2.24) is 5.32 Å². The molecule has 0 saturated carbocycles. The Morgan fingerprint density at radius 3 is 3.06 bits per heavy atom. The average molecular weight is 212 g/mol. The number of amidine groups is 1. The van der Waals surface area contributed by atoms with Crippen LogP contribution >= 0.6 is 0 Å². The number of aliphatic imine (C=N–C) groups is 1. The summed E-state index contributed by atoms with van der Waals surface area (Å²) in [5, 5.41) is 5.47. The monoisotopic (exact) mass is 212 g/mol. The summed E-state index contributed by atoms with van der Waals surface area (Å²) in [7, 11) is 0. The van der Waals surface area contributed by atoms with Gasteiger partial charge in [0.2, 0.25) is 0 Å². The summed E-state index contributed by atoms with van der Waals surface area (Å²) < 4.78 is 7.90. The molecule has 0 radical (unpaired) electrons. The fourth-order valence-corrected chi connectivity index (χ4v) is 2.11. The number of nitrogens with one attached hydrogen (secondary N) is 1. The molecular weight excluding hydrogens is 196 g/mol. The predicted octanol–water partition coefficient (Wildman–Crippen LogP) is 2.38. The van der Waals surface area contributed by atoms with E-state index in [0.29, 0.717) is 6.04 Å². The summed E-state index contributed by atoms with van der Waals surface area (Å²) in [6.07, 6.45) is 0.834. The molecule has 1 aliphatic rings. The Kier molecular flexibility index (Phi) is 2.07. The lowest BCUT2D eigenvalue weighted by Gasteiger charge is -2.06. The fourth-order valence-electron chi connectivity index (χ4n) is 2.11. The van der Waals surface area contributed by atoms with E-state index in [-0.39, 0.29) is 0 Å². The van der Waals surface area contributed by atoms with Crippen LogP contribution in [0.5, 0.6) is 0 Å². The number of hydrogen-bond donors (Lipinski definition) is 1. The molecule has 80 valence electrons. The molecule has 2 aromatic rings. The third-order valence-electron chi connectivity index (χ3n) is 2.90. The van der Waals surface area contributed by atoms with Gasteiger partial charge in [0.1, 0.15) is 5.84 Å². The maximum atomic E-state index is 7.90. The van der Waals surface area contributed by atoms with Crippen molar-refractivity contribution in [1.29, 1.82) is 0 Å². The Balaban J connectivity index is 2.07. The lowest BCUT2D eigenvalue weighted by atomic mass is 10.0. The first kappa shape index (κ1) is 8.34. The smallest absolute Gasteiger partial charge is 0.101 e. The maximum absolute atomic E-state index is 7.90. The molecule has 2 nitrogen and oxygen atoms in total. The Labute approximate surface area is 96.4 Å². The third-order valence-corrected chi connectivity index (χ3v) is 2.90. The second kappa shape index (κ2) is 3.97. The first-order chi connectivity index (χ1) is 8.34. The van der Waals surface area contributed by atoms with Crippen molar-refractivity contribution in [2.24, 2.45) is 4.99 Å². The minimum atomic E-state index is 0.589. The van der Waals surface area contributed by atoms with Crippen molar-refractivity contribution in [2.75, 3.05) is 13.1 Å². The number of fused-ring (bicyclic) bond motifs is 1. The minimum Gasteiger partial charge on any atom is -0.372 e. The van der Waals surface area contributed by atoms with Crippen molar-refractivity contribution in [2.45, 2.75) is 6.42 Å². The van der Waals surface area contributed by atoms with E-state index in [9.17, 15) is 0 Å². The summed E-state index contributed by atoms with van der Waals surface area (Å²) in [5.74, 6) is 1.06. The van der Waals surface area contributed by atoms with E-state index in [4.69, 9.17) is 1.37 Å². The largest absolute Gasteiger partial charge is 0.372 e. The Morgan fingerprint density at radius 2 is 2.19 bits per heavy atom. The van der Waals surface area contributed by atoms with Gasteiger partial charge in [0.25, 0.3) is 0 Å². The normalized spacial score (nSPS) is 15.8. The predicted molar refractivity (Wildman–Crippen MR) is 68.0 cm³/mol. The molecule has 0 aliphatic carbocycles. The molecule has 0 saturated heterocycles. The Morgan fingerprint density at radius 1 is 1.25 bits per heavy atom.